The molecule has 0 radical (unpaired) electrons. The van der Waals surface area contributed by atoms with Gasteiger partial charge in [0.05, 0.1) is 17.3 Å². The van der Waals surface area contributed by atoms with E-state index in [1.807, 2.05) is 17.5 Å². The number of carbonyl (C=O) groups is 1. The van der Waals surface area contributed by atoms with E-state index in [1.54, 1.807) is 24.1 Å². The summed E-state index contributed by atoms with van der Waals surface area (Å²) in [7, 11) is 1.73. The van der Waals surface area contributed by atoms with E-state index in [4.69, 9.17) is 5.11 Å². The minimum atomic E-state index is -0.163. The van der Waals surface area contributed by atoms with E-state index in [-0.39, 0.29) is 12.5 Å². The van der Waals surface area contributed by atoms with Crippen LogP contribution < -0.4 is 4.90 Å². The lowest BCUT2D eigenvalue weighted by atomic mass is 10.2. The molecule has 1 amide bonds. The Morgan fingerprint density at radius 3 is 3.00 bits per heavy atom. The first-order valence-corrected chi connectivity index (χ1v) is 5.97. The molecule has 0 unspecified atom stereocenters. The van der Waals surface area contributed by atoms with Gasteiger partial charge in [-0.3, -0.25) is 9.78 Å². The van der Waals surface area contributed by atoms with Crippen molar-refractivity contribution in [1.29, 1.82) is 0 Å². The Morgan fingerprint density at radius 2 is 2.35 bits per heavy atom. The van der Waals surface area contributed by atoms with E-state index in [1.165, 1.54) is 17.5 Å². The molecule has 0 aromatic carbocycles. The van der Waals surface area contributed by atoms with Gasteiger partial charge in [-0.1, -0.05) is 0 Å². The first kappa shape index (κ1) is 11.8. The smallest absolute Gasteiger partial charge is 0.258 e. The number of thiophene rings is 1. The molecule has 1 N–H and O–H groups in total. The SMILES string of the molecule is CN(C(=O)c1ccnc(CO)c1)c1cccs1. The molecule has 5 heteroatoms. The number of hydrogen-bond acceptors (Lipinski definition) is 4. The Balaban J connectivity index is 2.24. The Morgan fingerprint density at radius 1 is 1.53 bits per heavy atom. The van der Waals surface area contributed by atoms with E-state index in [0.717, 1.165) is 5.00 Å². The third kappa shape index (κ3) is 2.51. The molecule has 2 heterocycles. The molecule has 0 fully saturated rings. The van der Waals surface area contributed by atoms with E-state index >= 15 is 0 Å². The fourth-order valence-electron chi connectivity index (χ4n) is 1.45. The quantitative estimate of drug-likeness (QED) is 0.902. The number of pyridine rings is 1. The van der Waals surface area contributed by atoms with Crippen LogP contribution in [0.5, 0.6) is 0 Å². The summed E-state index contributed by atoms with van der Waals surface area (Å²) in [4.78, 5) is 17.7. The predicted molar refractivity (Wildman–Crippen MR) is 67.2 cm³/mol. The lowest BCUT2D eigenvalue weighted by Gasteiger charge is -2.15. The third-order valence-electron chi connectivity index (χ3n) is 2.37. The maximum atomic E-state index is 12.1. The molecular weight excluding hydrogens is 236 g/mol. The summed E-state index contributed by atoms with van der Waals surface area (Å²) in [5, 5.41) is 11.8. The molecule has 0 saturated carbocycles. The molecule has 0 aliphatic rings. The second-order valence-corrected chi connectivity index (χ2v) is 4.44. The maximum Gasteiger partial charge on any atom is 0.258 e. The number of anilines is 1. The molecule has 2 aromatic heterocycles. The lowest BCUT2D eigenvalue weighted by molar-refractivity contribution is 0.0993. The van der Waals surface area contributed by atoms with Gasteiger partial charge in [0.1, 0.15) is 0 Å². The molecule has 0 atom stereocenters. The van der Waals surface area contributed by atoms with E-state index < -0.39 is 0 Å². The zero-order chi connectivity index (χ0) is 12.3. The van der Waals surface area contributed by atoms with Gasteiger partial charge < -0.3 is 10.0 Å². The van der Waals surface area contributed by atoms with Gasteiger partial charge in [0.25, 0.3) is 5.91 Å². The molecule has 0 spiro atoms. The average molecular weight is 248 g/mol. The minimum absolute atomic E-state index is 0.107. The monoisotopic (exact) mass is 248 g/mol. The highest BCUT2D eigenvalue weighted by Gasteiger charge is 2.14. The molecule has 2 aromatic rings. The topological polar surface area (TPSA) is 53.4 Å². The van der Waals surface area contributed by atoms with Crippen LogP contribution in [0.1, 0.15) is 16.1 Å². The standard InChI is InChI=1S/C12H12N2O2S/c1-14(11-3-2-6-17-11)12(16)9-4-5-13-10(7-9)8-15/h2-7,15H,8H2,1H3. The summed E-state index contributed by atoms with van der Waals surface area (Å²) >= 11 is 1.50. The van der Waals surface area contributed by atoms with Gasteiger partial charge in [0, 0.05) is 18.8 Å². The van der Waals surface area contributed by atoms with Crippen LogP contribution in [0.25, 0.3) is 0 Å². The number of aromatic nitrogens is 1. The normalized spacial score (nSPS) is 10.2. The molecule has 0 aliphatic heterocycles. The van der Waals surface area contributed by atoms with Crippen molar-refractivity contribution >= 4 is 22.2 Å². The van der Waals surface area contributed by atoms with Crippen molar-refractivity contribution in [3.05, 3.63) is 47.1 Å². The number of carbonyl (C=O) groups excluding carboxylic acids is 1. The highest BCUT2D eigenvalue weighted by Crippen LogP contribution is 2.21. The van der Waals surface area contributed by atoms with Gasteiger partial charge in [-0.2, -0.15) is 0 Å². The summed E-state index contributed by atoms with van der Waals surface area (Å²) < 4.78 is 0. The van der Waals surface area contributed by atoms with Crippen molar-refractivity contribution in [2.24, 2.45) is 0 Å². The van der Waals surface area contributed by atoms with Crippen molar-refractivity contribution in [2.45, 2.75) is 6.61 Å². The summed E-state index contributed by atoms with van der Waals surface area (Å²) in [5.74, 6) is -0.107. The number of nitrogens with zero attached hydrogens (tertiary/aromatic N) is 2. The minimum Gasteiger partial charge on any atom is -0.390 e. The van der Waals surface area contributed by atoms with Gasteiger partial charge in [-0.05, 0) is 29.6 Å². The molecular formula is C12H12N2O2S. The van der Waals surface area contributed by atoms with Crippen LogP contribution >= 0.6 is 11.3 Å². The second-order valence-electron chi connectivity index (χ2n) is 3.51. The highest BCUT2D eigenvalue weighted by atomic mass is 32.1. The van der Waals surface area contributed by atoms with Crippen molar-refractivity contribution in [1.82, 2.24) is 4.98 Å². The van der Waals surface area contributed by atoms with E-state index in [2.05, 4.69) is 4.98 Å². The first-order valence-electron chi connectivity index (χ1n) is 5.09. The van der Waals surface area contributed by atoms with Crippen LogP contribution in [0.4, 0.5) is 5.00 Å². The number of hydrogen-bond donors (Lipinski definition) is 1. The van der Waals surface area contributed by atoms with Crippen molar-refractivity contribution in [2.75, 3.05) is 11.9 Å². The fourth-order valence-corrected chi connectivity index (χ4v) is 2.15. The highest BCUT2D eigenvalue weighted by molar-refractivity contribution is 7.14. The average Bonchev–Trinajstić information content (AvgIpc) is 2.91. The second kappa shape index (κ2) is 5.07. The predicted octanol–water partition coefficient (Wildman–Crippen LogP) is 1.91. The van der Waals surface area contributed by atoms with Gasteiger partial charge in [0.15, 0.2) is 0 Å². The Hall–Kier alpha value is -1.72. The molecule has 0 aliphatic carbocycles. The van der Waals surface area contributed by atoms with E-state index in [0.29, 0.717) is 11.3 Å². The van der Waals surface area contributed by atoms with Crippen LogP contribution in [0.2, 0.25) is 0 Å². The van der Waals surface area contributed by atoms with E-state index in [9.17, 15) is 4.79 Å². The van der Waals surface area contributed by atoms with Crippen molar-refractivity contribution in [3.8, 4) is 0 Å². The fraction of sp³-hybridized carbons (Fsp3) is 0.167. The van der Waals surface area contributed by atoms with Crippen LogP contribution in [0.3, 0.4) is 0 Å². The molecule has 0 saturated heterocycles. The zero-order valence-corrected chi connectivity index (χ0v) is 10.1. The first-order chi connectivity index (χ1) is 8.22. The van der Waals surface area contributed by atoms with Crippen LogP contribution in [-0.4, -0.2) is 23.0 Å². The van der Waals surface area contributed by atoms with Crippen LogP contribution in [0.15, 0.2) is 35.8 Å². The summed E-state index contributed by atoms with van der Waals surface area (Å²) in [5.41, 5.74) is 1.02. The van der Waals surface area contributed by atoms with Gasteiger partial charge in [-0.15, -0.1) is 11.3 Å². The molecule has 4 nitrogen and oxygen atoms in total. The number of aliphatic hydroxyl groups is 1. The number of amides is 1. The molecule has 0 bridgehead atoms. The third-order valence-corrected chi connectivity index (χ3v) is 3.31. The van der Waals surface area contributed by atoms with Crippen LogP contribution in [0, 0.1) is 0 Å². The van der Waals surface area contributed by atoms with Crippen molar-refractivity contribution < 1.29 is 9.90 Å². The zero-order valence-electron chi connectivity index (χ0n) is 9.33. The molecule has 17 heavy (non-hydrogen) atoms. The van der Waals surface area contributed by atoms with Gasteiger partial charge >= 0.3 is 0 Å². The van der Waals surface area contributed by atoms with Gasteiger partial charge in [-0.25, -0.2) is 0 Å². The van der Waals surface area contributed by atoms with Crippen molar-refractivity contribution in [3.63, 3.8) is 0 Å². The summed E-state index contributed by atoms with van der Waals surface area (Å²) in [6.07, 6.45) is 1.53. The Labute approximate surface area is 103 Å². The lowest BCUT2D eigenvalue weighted by Crippen LogP contribution is -2.25. The van der Waals surface area contributed by atoms with Crippen LogP contribution in [-0.2, 0) is 6.61 Å². The molecule has 88 valence electrons. The summed E-state index contributed by atoms with van der Waals surface area (Å²) in [6.45, 7) is -0.163. The number of rotatable bonds is 3. The Kier molecular flexibility index (Phi) is 3.51. The largest absolute Gasteiger partial charge is 0.390 e. The molecule has 2 rings (SSSR count). The summed E-state index contributed by atoms with van der Waals surface area (Å²) in [6, 6.07) is 7.03. The maximum absolute atomic E-state index is 12.1. The van der Waals surface area contributed by atoms with Gasteiger partial charge in [0.2, 0.25) is 0 Å². The number of aliphatic hydroxyl groups excluding tert-OH is 1. The Bertz CT molecular complexity index is 511.